The number of rotatable bonds is 5. The van der Waals surface area contributed by atoms with Gasteiger partial charge in [0, 0.05) is 30.2 Å². The van der Waals surface area contributed by atoms with Gasteiger partial charge in [-0.25, -0.2) is 0 Å². The quantitative estimate of drug-likeness (QED) is 0.440. The summed E-state index contributed by atoms with van der Waals surface area (Å²) < 4.78 is 40.3. The summed E-state index contributed by atoms with van der Waals surface area (Å²) in [6.45, 7) is 3.91. The van der Waals surface area contributed by atoms with Gasteiger partial charge in [-0.3, -0.25) is 0 Å². The normalized spacial score (nSPS) is 18.9. The van der Waals surface area contributed by atoms with Gasteiger partial charge in [0.2, 0.25) is 0 Å². The van der Waals surface area contributed by atoms with Gasteiger partial charge in [-0.1, -0.05) is 24.3 Å². The van der Waals surface area contributed by atoms with Crippen molar-refractivity contribution in [3.8, 4) is 0 Å². The van der Waals surface area contributed by atoms with Crippen LogP contribution in [0.4, 0.5) is 13.2 Å². The summed E-state index contributed by atoms with van der Waals surface area (Å²) in [4.78, 5) is 2.04. The van der Waals surface area contributed by atoms with E-state index in [1.807, 2.05) is 31.9 Å². The van der Waals surface area contributed by atoms with Crippen molar-refractivity contribution in [3.63, 3.8) is 0 Å². The van der Waals surface area contributed by atoms with Crippen molar-refractivity contribution in [3.05, 3.63) is 58.4 Å². The summed E-state index contributed by atoms with van der Waals surface area (Å²) in [6, 6.07) is 5.89. The number of alkyl halides is 4. The number of allylic oxidation sites excluding steroid dienone is 4. The van der Waals surface area contributed by atoms with Crippen molar-refractivity contribution < 1.29 is 13.2 Å². The molecule has 0 N–H and O–H groups in total. The second-order valence-electron chi connectivity index (χ2n) is 6.19. The Balaban J connectivity index is 2.50. The highest BCUT2D eigenvalue weighted by Gasteiger charge is 2.36. The van der Waals surface area contributed by atoms with E-state index in [0.717, 1.165) is 36.2 Å². The fourth-order valence-corrected chi connectivity index (χ4v) is 3.40. The molecule has 0 amide bonds. The number of hydrogen-bond donors (Lipinski definition) is 0. The summed E-state index contributed by atoms with van der Waals surface area (Å²) in [5, 5.41) is 0. The van der Waals surface area contributed by atoms with Crippen molar-refractivity contribution in [2.75, 3.05) is 12.9 Å². The Bertz CT molecular complexity index is 646. The molecule has 0 radical (unpaired) electrons. The average Bonchev–Trinajstić information content (AvgIpc) is 2.54. The molecule has 132 valence electrons. The summed E-state index contributed by atoms with van der Waals surface area (Å²) in [7, 11) is 1.95. The third-order valence-corrected chi connectivity index (χ3v) is 4.98. The molecule has 0 aliphatic carbocycles. The zero-order valence-electron chi connectivity index (χ0n) is 14.3. The van der Waals surface area contributed by atoms with Crippen LogP contribution in [-0.4, -0.2) is 17.8 Å². The van der Waals surface area contributed by atoms with Gasteiger partial charge in [-0.05, 0) is 50.3 Å². The minimum atomic E-state index is -4.35. The molecule has 1 atom stereocenters. The summed E-state index contributed by atoms with van der Waals surface area (Å²) in [5.74, 6) is 0.232. The molecule has 1 aromatic rings. The molecule has 1 aliphatic rings. The number of hydrogen-bond acceptors (Lipinski definition) is 1. The molecule has 0 bridgehead atoms. The second kappa shape index (κ2) is 7.64. The molecule has 0 saturated heterocycles. The molecule has 0 saturated carbocycles. The molecule has 0 fully saturated rings. The third-order valence-electron chi connectivity index (χ3n) is 4.71. The van der Waals surface area contributed by atoms with Crippen LogP contribution in [0.2, 0.25) is 0 Å². The van der Waals surface area contributed by atoms with Gasteiger partial charge in [-0.2, -0.15) is 13.2 Å². The molecule has 1 nitrogen and oxygen atoms in total. The highest BCUT2D eigenvalue weighted by atomic mass is 35.5. The van der Waals surface area contributed by atoms with Gasteiger partial charge in [-0.15, -0.1) is 11.6 Å². The molecule has 1 heterocycles. The lowest BCUT2D eigenvalue weighted by atomic mass is 9.81. The lowest BCUT2D eigenvalue weighted by Crippen LogP contribution is -2.24. The molecular weight excluding hydrogens is 335 g/mol. The summed E-state index contributed by atoms with van der Waals surface area (Å²) in [5.41, 5.74) is 2.83. The van der Waals surface area contributed by atoms with Crippen molar-refractivity contribution in [2.45, 2.75) is 45.2 Å². The predicted octanol–water partition coefficient (Wildman–Crippen LogP) is 6.32. The molecular formula is C19H23ClF3N. The molecule has 1 aromatic carbocycles. The van der Waals surface area contributed by atoms with E-state index in [2.05, 4.69) is 0 Å². The largest absolute Gasteiger partial charge is 0.416 e. The zero-order valence-corrected chi connectivity index (χ0v) is 15.0. The van der Waals surface area contributed by atoms with E-state index >= 15 is 0 Å². The maximum atomic E-state index is 13.4. The monoisotopic (exact) mass is 357 g/mol. The van der Waals surface area contributed by atoms with Gasteiger partial charge in [0.15, 0.2) is 0 Å². The Hall–Kier alpha value is -1.42. The first-order chi connectivity index (χ1) is 11.3. The van der Waals surface area contributed by atoms with E-state index in [9.17, 15) is 13.2 Å². The highest BCUT2D eigenvalue weighted by Crippen LogP contribution is 2.43. The summed E-state index contributed by atoms with van der Waals surface area (Å²) in [6.07, 6.45) is 0.0773. The third kappa shape index (κ3) is 3.97. The average molecular weight is 358 g/mol. The highest BCUT2D eigenvalue weighted by molar-refractivity contribution is 6.17. The Labute approximate surface area is 146 Å². The van der Waals surface area contributed by atoms with Crippen LogP contribution in [-0.2, 0) is 6.18 Å². The van der Waals surface area contributed by atoms with E-state index in [1.165, 1.54) is 12.1 Å². The van der Waals surface area contributed by atoms with Crippen LogP contribution in [0.15, 0.2) is 47.3 Å². The van der Waals surface area contributed by atoms with E-state index in [4.69, 9.17) is 11.6 Å². The molecule has 24 heavy (non-hydrogen) atoms. The lowest BCUT2D eigenvalue weighted by Gasteiger charge is -2.34. The van der Waals surface area contributed by atoms with Gasteiger partial charge < -0.3 is 4.90 Å². The Morgan fingerprint density at radius 1 is 1.12 bits per heavy atom. The lowest BCUT2D eigenvalue weighted by molar-refractivity contribution is -0.138. The number of unbranched alkanes of at least 4 members (excludes halogenated alkanes) is 1. The topological polar surface area (TPSA) is 3.24 Å². The van der Waals surface area contributed by atoms with Crippen molar-refractivity contribution in [2.24, 2.45) is 0 Å². The first kappa shape index (κ1) is 18.9. The molecule has 0 spiro atoms. The van der Waals surface area contributed by atoms with Crippen molar-refractivity contribution in [1.29, 1.82) is 0 Å². The van der Waals surface area contributed by atoms with Gasteiger partial charge >= 0.3 is 6.18 Å². The Kier molecular flexibility index (Phi) is 6.02. The Morgan fingerprint density at radius 3 is 2.42 bits per heavy atom. The van der Waals surface area contributed by atoms with Gasteiger partial charge in [0.05, 0.1) is 5.56 Å². The first-order valence-electron chi connectivity index (χ1n) is 8.11. The number of benzene rings is 1. The van der Waals surface area contributed by atoms with Crippen LogP contribution < -0.4 is 0 Å². The van der Waals surface area contributed by atoms with Gasteiger partial charge in [0.25, 0.3) is 0 Å². The van der Waals surface area contributed by atoms with Crippen LogP contribution in [0.3, 0.4) is 0 Å². The second-order valence-corrected chi connectivity index (χ2v) is 6.56. The van der Waals surface area contributed by atoms with E-state index in [0.29, 0.717) is 11.4 Å². The first-order valence-corrected chi connectivity index (χ1v) is 8.64. The smallest absolute Gasteiger partial charge is 0.352 e. The maximum Gasteiger partial charge on any atom is 0.416 e. The number of halogens is 4. The van der Waals surface area contributed by atoms with E-state index < -0.39 is 11.7 Å². The van der Waals surface area contributed by atoms with Crippen LogP contribution in [0, 0.1) is 0 Å². The minimum absolute atomic E-state index is 0.331. The van der Waals surface area contributed by atoms with E-state index in [-0.39, 0.29) is 5.92 Å². The van der Waals surface area contributed by atoms with Crippen molar-refractivity contribution >= 4 is 11.6 Å². The summed E-state index contributed by atoms with van der Waals surface area (Å²) >= 11 is 5.76. The SMILES string of the molecule is CC1=CC(c2ccccc2C(F)(F)F)C(CCCCCl)=C(C)N1C. The zero-order chi connectivity index (χ0) is 17.9. The Morgan fingerprint density at radius 2 is 1.79 bits per heavy atom. The van der Waals surface area contributed by atoms with Crippen LogP contribution in [0.5, 0.6) is 0 Å². The van der Waals surface area contributed by atoms with E-state index in [1.54, 1.807) is 12.1 Å². The van der Waals surface area contributed by atoms with Crippen LogP contribution in [0.25, 0.3) is 0 Å². The predicted molar refractivity (Wildman–Crippen MR) is 93.0 cm³/mol. The maximum absolute atomic E-state index is 13.4. The molecule has 1 unspecified atom stereocenters. The molecule has 1 aliphatic heterocycles. The fourth-order valence-electron chi connectivity index (χ4n) is 3.21. The number of nitrogens with zero attached hydrogens (tertiary/aromatic N) is 1. The minimum Gasteiger partial charge on any atom is -0.352 e. The van der Waals surface area contributed by atoms with Gasteiger partial charge in [0.1, 0.15) is 0 Å². The molecule has 5 heteroatoms. The van der Waals surface area contributed by atoms with Crippen molar-refractivity contribution in [1.82, 2.24) is 4.90 Å². The molecule has 2 rings (SSSR count). The standard InChI is InChI=1S/C19H23ClF3N/c1-13-12-17(15(8-6-7-11-20)14(2)24(13)3)16-9-4-5-10-18(16)19(21,22)23/h4-5,9-10,12,17H,6-8,11H2,1-3H3. The van der Waals surface area contributed by atoms with Crippen LogP contribution in [0.1, 0.15) is 50.2 Å². The van der Waals surface area contributed by atoms with Crippen LogP contribution >= 0.6 is 11.6 Å². The molecule has 0 aromatic heterocycles. The fraction of sp³-hybridized carbons (Fsp3) is 0.474.